The van der Waals surface area contributed by atoms with Gasteiger partial charge in [-0.25, -0.2) is 0 Å². The van der Waals surface area contributed by atoms with Crippen LogP contribution in [0.5, 0.6) is 11.5 Å². The summed E-state index contributed by atoms with van der Waals surface area (Å²) in [5.74, 6) is 1.93. The molecule has 132 valence electrons. The first-order valence-electron chi connectivity index (χ1n) is 8.38. The van der Waals surface area contributed by atoms with Gasteiger partial charge in [-0.2, -0.15) is 5.10 Å². The molecule has 4 nitrogen and oxygen atoms in total. The number of nitrogens with one attached hydrogen (secondary N) is 1. The second-order valence-corrected chi connectivity index (χ2v) is 7.43. The summed E-state index contributed by atoms with van der Waals surface area (Å²) in [7, 11) is 3.33. The lowest BCUT2D eigenvalue weighted by molar-refractivity contribution is 0.353. The molecule has 1 heterocycles. The number of rotatable bonds is 4. The minimum Gasteiger partial charge on any atom is -0.493 e. The first-order chi connectivity index (χ1) is 12.0. The molecule has 2 aromatic carbocycles. The fourth-order valence-electron chi connectivity index (χ4n) is 3.01. The number of hydrogen-bond donors (Lipinski definition) is 1. The molecule has 0 saturated heterocycles. The van der Waals surface area contributed by atoms with Gasteiger partial charge in [-0.1, -0.05) is 41.9 Å². The predicted molar refractivity (Wildman–Crippen MR) is 105 cm³/mol. The molecule has 0 aliphatic carbocycles. The molecule has 3 rings (SSSR count). The second-order valence-electron chi connectivity index (χ2n) is 6.52. The van der Waals surface area contributed by atoms with Gasteiger partial charge in [0.15, 0.2) is 11.5 Å². The highest BCUT2D eigenvalue weighted by Crippen LogP contribution is 2.34. The Morgan fingerprint density at radius 2 is 1.72 bits per heavy atom. The molecule has 0 spiro atoms. The van der Waals surface area contributed by atoms with Crippen molar-refractivity contribution in [3.05, 3.63) is 57.6 Å². The number of benzene rings is 2. The molecule has 1 aliphatic rings. The zero-order valence-corrected chi connectivity index (χ0v) is 16.6. The molecule has 5 heteroatoms. The molecule has 1 aliphatic heterocycles. The Morgan fingerprint density at radius 3 is 2.32 bits per heavy atom. The van der Waals surface area contributed by atoms with Gasteiger partial charge in [0.25, 0.3) is 0 Å². The van der Waals surface area contributed by atoms with E-state index in [0.29, 0.717) is 11.7 Å². The summed E-state index contributed by atoms with van der Waals surface area (Å²) < 4.78 is 12.1. The van der Waals surface area contributed by atoms with Crippen LogP contribution in [0.1, 0.15) is 30.5 Å². The number of methoxy groups -OCH3 is 2. The summed E-state index contributed by atoms with van der Waals surface area (Å²) in [5.41, 5.74) is 7.64. The van der Waals surface area contributed by atoms with Gasteiger partial charge < -0.3 is 14.9 Å². The zero-order chi connectivity index (χ0) is 18.0. The monoisotopic (exact) mass is 402 g/mol. The van der Waals surface area contributed by atoms with Gasteiger partial charge in [0.2, 0.25) is 0 Å². The molecule has 0 amide bonds. The van der Waals surface area contributed by atoms with Crippen LogP contribution in [0.25, 0.3) is 0 Å². The van der Waals surface area contributed by atoms with Crippen LogP contribution in [0.3, 0.4) is 0 Å². The highest BCUT2D eigenvalue weighted by atomic mass is 79.9. The van der Waals surface area contributed by atoms with Gasteiger partial charge in [-0.3, -0.25) is 0 Å². The lowest BCUT2D eigenvalue weighted by Crippen LogP contribution is -2.31. The van der Waals surface area contributed by atoms with E-state index in [2.05, 4.69) is 53.4 Å². The van der Waals surface area contributed by atoms with Gasteiger partial charge in [0.05, 0.1) is 26.0 Å². The largest absolute Gasteiger partial charge is 0.493 e. The van der Waals surface area contributed by atoms with Gasteiger partial charge >= 0.3 is 0 Å². The van der Waals surface area contributed by atoms with Crippen molar-refractivity contribution in [3.8, 4) is 11.5 Å². The summed E-state index contributed by atoms with van der Waals surface area (Å²) in [4.78, 5) is 0. The number of halogens is 1. The summed E-state index contributed by atoms with van der Waals surface area (Å²) in [6, 6.07) is 12.6. The first-order valence-corrected chi connectivity index (χ1v) is 9.17. The molecule has 0 fully saturated rings. The lowest BCUT2D eigenvalue weighted by Gasteiger charge is -2.19. The Morgan fingerprint density at radius 1 is 1.08 bits per heavy atom. The van der Waals surface area contributed by atoms with Gasteiger partial charge in [0.1, 0.15) is 0 Å². The molecule has 0 bridgehead atoms. The maximum atomic E-state index is 5.51. The molecule has 25 heavy (non-hydrogen) atoms. The molecule has 0 aromatic heterocycles. The van der Waals surface area contributed by atoms with E-state index in [0.717, 1.165) is 33.5 Å². The van der Waals surface area contributed by atoms with Crippen LogP contribution in [0.15, 0.2) is 46.0 Å². The van der Waals surface area contributed by atoms with Gasteiger partial charge in [0, 0.05) is 15.6 Å². The number of hydrazone groups is 1. The van der Waals surface area contributed by atoms with Crippen molar-refractivity contribution in [2.45, 2.75) is 26.3 Å². The fourth-order valence-corrected chi connectivity index (χ4v) is 3.28. The summed E-state index contributed by atoms with van der Waals surface area (Å²) in [6.45, 7) is 4.41. The van der Waals surface area contributed by atoms with Gasteiger partial charge in [-0.15, -0.1) is 0 Å². The van der Waals surface area contributed by atoms with Crippen LogP contribution >= 0.6 is 15.9 Å². The Kier molecular flexibility index (Phi) is 5.33. The van der Waals surface area contributed by atoms with Crippen molar-refractivity contribution in [2.75, 3.05) is 14.2 Å². The summed E-state index contributed by atoms with van der Waals surface area (Å²) >= 11 is 3.49. The fraction of sp³-hybridized carbons (Fsp3) is 0.350. The molecule has 2 aromatic rings. The molecule has 1 unspecified atom stereocenters. The van der Waals surface area contributed by atoms with Crippen molar-refractivity contribution < 1.29 is 9.47 Å². The number of ether oxygens (including phenoxy) is 2. The maximum Gasteiger partial charge on any atom is 0.161 e. The molecular weight excluding hydrogens is 380 g/mol. The molecule has 1 atom stereocenters. The predicted octanol–water partition coefficient (Wildman–Crippen LogP) is 4.39. The minimum absolute atomic E-state index is 0.268. The Balaban J connectivity index is 2.17. The Bertz CT molecular complexity index is 785. The quantitative estimate of drug-likeness (QED) is 0.824. The van der Waals surface area contributed by atoms with E-state index in [9.17, 15) is 0 Å². The number of nitrogens with zero attached hydrogens (tertiary/aromatic N) is 1. The second kappa shape index (κ2) is 7.48. The zero-order valence-electron chi connectivity index (χ0n) is 15.0. The van der Waals surface area contributed by atoms with Crippen LogP contribution in [-0.2, 0) is 6.42 Å². The Hall–Kier alpha value is -2.01. The third-order valence-electron chi connectivity index (χ3n) is 4.57. The standard InChI is InChI=1S/C20H23BrN2O2/c1-12(2)17-9-14-10-18(24-3)19(25-4)11-16(14)20(23-22-17)13-5-7-15(21)8-6-13/h5-8,10-12,17,22H,9H2,1-4H3. The van der Waals surface area contributed by atoms with E-state index in [-0.39, 0.29) is 6.04 Å². The van der Waals surface area contributed by atoms with Crippen LogP contribution in [0, 0.1) is 5.92 Å². The topological polar surface area (TPSA) is 42.9 Å². The highest BCUT2D eigenvalue weighted by Gasteiger charge is 2.24. The maximum absolute atomic E-state index is 5.51. The smallest absolute Gasteiger partial charge is 0.161 e. The third kappa shape index (κ3) is 3.66. The average Bonchev–Trinajstić information content (AvgIpc) is 2.80. The SMILES string of the molecule is COc1cc2c(cc1OC)C(c1ccc(Br)cc1)=NNC(C(C)C)C2. The minimum atomic E-state index is 0.268. The Labute approximate surface area is 157 Å². The van der Waals surface area contributed by atoms with Crippen LogP contribution in [0.2, 0.25) is 0 Å². The van der Waals surface area contributed by atoms with E-state index < -0.39 is 0 Å². The van der Waals surface area contributed by atoms with E-state index >= 15 is 0 Å². The first kappa shape index (κ1) is 17.8. The number of fused-ring (bicyclic) bond motifs is 1. The highest BCUT2D eigenvalue weighted by molar-refractivity contribution is 9.10. The van der Waals surface area contributed by atoms with E-state index in [4.69, 9.17) is 14.6 Å². The van der Waals surface area contributed by atoms with Crippen molar-refractivity contribution in [3.63, 3.8) is 0 Å². The lowest BCUT2D eigenvalue weighted by atomic mass is 9.91. The molecule has 1 N–H and O–H groups in total. The van der Waals surface area contributed by atoms with Crippen LogP contribution in [0.4, 0.5) is 0 Å². The van der Waals surface area contributed by atoms with Crippen LogP contribution < -0.4 is 14.9 Å². The molecule has 0 saturated carbocycles. The van der Waals surface area contributed by atoms with E-state index in [1.807, 2.05) is 18.2 Å². The van der Waals surface area contributed by atoms with Crippen molar-refractivity contribution in [1.29, 1.82) is 0 Å². The van der Waals surface area contributed by atoms with Crippen molar-refractivity contribution in [2.24, 2.45) is 11.0 Å². The summed E-state index contributed by atoms with van der Waals surface area (Å²) in [5, 5.41) is 4.75. The molecule has 0 radical (unpaired) electrons. The van der Waals surface area contributed by atoms with Gasteiger partial charge in [-0.05, 0) is 42.2 Å². The van der Waals surface area contributed by atoms with E-state index in [1.54, 1.807) is 14.2 Å². The van der Waals surface area contributed by atoms with Crippen molar-refractivity contribution in [1.82, 2.24) is 5.43 Å². The molecular formula is C20H23BrN2O2. The number of hydrogen-bond acceptors (Lipinski definition) is 4. The third-order valence-corrected chi connectivity index (χ3v) is 5.10. The summed E-state index contributed by atoms with van der Waals surface area (Å²) in [6.07, 6.45) is 0.886. The van der Waals surface area contributed by atoms with Crippen molar-refractivity contribution >= 4 is 21.6 Å². The average molecular weight is 403 g/mol. The normalized spacial score (nSPS) is 16.6. The van der Waals surface area contributed by atoms with E-state index in [1.165, 1.54) is 5.56 Å². The van der Waals surface area contributed by atoms with Crippen LogP contribution in [-0.4, -0.2) is 26.0 Å².